The fourth-order valence-corrected chi connectivity index (χ4v) is 2.06. The molecule has 0 spiro atoms. The molecule has 1 aromatic rings. The molecule has 0 radical (unpaired) electrons. The first-order valence-electron chi connectivity index (χ1n) is 5.91. The summed E-state index contributed by atoms with van der Waals surface area (Å²) in [6, 6.07) is 4.64. The Labute approximate surface area is 119 Å². The molecule has 6 nitrogen and oxygen atoms in total. The van der Waals surface area contributed by atoms with E-state index in [2.05, 4.69) is 0 Å². The predicted octanol–water partition coefficient (Wildman–Crippen LogP) is 1.31. The molecule has 0 aromatic heterocycles. The molecule has 0 fully saturated rings. The number of halogens is 1. The number of carboxylic acid groups (broad SMARTS) is 1. The van der Waals surface area contributed by atoms with E-state index >= 15 is 0 Å². The Morgan fingerprint density at radius 1 is 1.40 bits per heavy atom. The van der Waals surface area contributed by atoms with Crippen LogP contribution in [0.3, 0.4) is 0 Å². The Hall–Kier alpha value is -2.08. The SMILES string of the molecule is O=C(O)CCN1C(=O)COc2ccc(C(=O)CCl)cc21. The standard InChI is InChI=1S/C13H12ClNO5/c14-6-10(16)8-1-2-11-9(5-8)15(4-3-13(18)19)12(17)7-20-11/h1-2,5H,3-4,6-7H2,(H,18,19). The largest absolute Gasteiger partial charge is 0.482 e. The maximum atomic E-state index is 11.8. The first-order chi connectivity index (χ1) is 9.52. The number of rotatable bonds is 5. The van der Waals surface area contributed by atoms with Gasteiger partial charge in [-0.3, -0.25) is 14.4 Å². The number of nitrogens with zero attached hydrogens (tertiary/aromatic N) is 1. The Morgan fingerprint density at radius 3 is 2.80 bits per heavy atom. The molecule has 1 aliphatic heterocycles. The molecule has 0 saturated heterocycles. The van der Waals surface area contributed by atoms with Crippen molar-refractivity contribution in [2.45, 2.75) is 6.42 Å². The van der Waals surface area contributed by atoms with Crippen molar-refractivity contribution in [1.82, 2.24) is 0 Å². The van der Waals surface area contributed by atoms with Gasteiger partial charge in [-0.2, -0.15) is 0 Å². The maximum Gasteiger partial charge on any atom is 0.305 e. The van der Waals surface area contributed by atoms with Gasteiger partial charge in [-0.15, -0.1) is 11.6 Å². The van der Waals surface area contributed by atoms with Crippen LogP contribution in [0.1, 0.15) is 16.8 Å². The molecule has 0 saturated carbocycles. The molecule has 0 atom stereocenters. The van der Waals surface area contributed by atoms with E-state index in [1.165, 1.54) is 11.0 Å². The average molecular weight is 298 g/mol. The smallest absolute Gasteiger partial charge is 0.305 e. The van der Waals surface area contributed by atoms with E-state index in [9.17, 15) is 14.4 Å². The van der Waals surface area contributed by atoms with Gasteiger partial charge in [0.25, 0.3) is 5.91 Å². The lowest BCUT2D eigenvalue weighted by molar-refractivity contribution is -0.136. The molecule has 1 N–H and O–H groups in total. The fourth-order valence-electron chi connectivity index (χ4n) is 1.91. The van der Waals surface area contributed by atoms with Crippen molar-refractivity contribution in [2.75, 3.05) is 23.9 Å². The number of benzene rings is 1. The van der Waals surface area contributed by atoms with Gasteiger partial charge in [-0.1, -0.05) is 0 Å². The van der Waals surface area contributed by atoms with Crippen molar-refractivity contribution >= 4 is 34.9 Å². The third-order valence-electron chi connectivity index (χ3n) is 2.89. The predicted molar refractivity (Wildman–Crippen MR) is 71.6 cm³/mol. The topological polar surface area (TPSA) is 83.9 Å². The number of ketones is 1. The van der Waals surface area contributed by atoms with Crippen LogP contribution in [0.4, 0.5) is 5.69 Å². The number of hydrogen-bond donors (Lipinski definition) is 1. The van der Waals surface area contributed by atoms with Crippen molar-refractivity contribution in [3.05, 3.63) is 23.8 Å². The minimum absolute atomic E-state index is 0.0308. The lowest BCUT2D eigenvalue weighted by Gasteiger charge is -2.29. The summed E-state index contributed by atoms with van der Waals surface area (Å²) in [5.41, 5.74) is 0.760. The van der Waals surface area contributed by atoms with E-state index in [0.29, 0.717) is 17.0 Å². The summed E-state index contributed by atoms with van der Waals surface area (Å²) in [6.45, 7) is -0.113. The minimum Gasteiger partial charge on any atom is -0.482 e. The highest BCUT2D eigenvalue weighted by atomic mass is 35.5. The van der Waals surface area contributed by atoms with E-state index in [0.717, 1.165) is 0 Å². The summed E-state index contributed by atoms with van der Waals surface area (Å²) in [5, 5.41) is 8.72. The van der Waals surface area contributed by atoms with Crippen LogP contribution in [0, 0.1) is 0 Å². The molecule has 0 aliphatic carbocycles. The normalized spacial score (nSPS) is 13.7. The van der Waals surface area contributed by atoms with E-state index in [4.69, 9.17) is 21.4 Å². The summed E-state index contributed by atoms with van der Waals surface area (Å²) >= 11 is 5.50. The minimum atomic E-state index is -1.00. The van der Waals surface area contributed by atoms with Crippen molar-refractivity contribution in [3.8, 4) is 5.75 Å². The summed E-state index contributed by atoms with van der Waals surface area (Å²) in [6.07, 6.45) is -0.182. The quantitative estimate of drug-likeness (QED) is 0.654. The van der Waals surface area contributed by atoms with Crippen molar-refractivity contribution in [2.24, 2.45) is 0 Å². The van der Waals surface area contributed by atoms with Crippen molar-refractivity contribution < 1.29 is 24.2 Å². The first kappa shape index (κ1) is 14.3. The number of carboxylic acids is 1. The van der Waals surface area contributed by atoms with Crippen molar-refractivity contribution in [3.63, 3.8) is 0 Å². The highest BCUT2D eigenvalue weighted by Gasteiger charge is 2.26. The molecule has 1 aliphatic rings. The first-order valence-corrected chi connectivity index (χ1v) is 6.44. The Bertz CT molecular complexity index is 572. The monoisotopic (exact) mass is 297 g/mol. The van der Waals surface area contributed by atoms with E-state index in [1.807, 2.05) is 0 Å². The number of ether oxygens (including phenoxy) is 1. The van der Waals surface area contributed by atoms with Gasteiger partial charge in [0.15, 0.2) is 12.4 Å². The molecule has 106 valence electrons. The Morgan fingerprint density at radius 2 is 2.15 bits per heavy atom. The summed E-state index contributed by atoms with van der Waals surface area (Å²) < 4.78 is 5.26. The lowest BCUT2D eigenvalue weighted by atomic mass is 10.1. The van der Waals surface area contributed by atoms with Crippen LogP contribution < -0.4 is 9.64 Å². The van der Waals surface area contributed by atoms with Crippen LogP contribution in [0.25, 0.3) is 0 Å². The number of aliphatic carboxylic acids is 1. The summed E-state index contributed by atoms with van der Waals surface area (Å²) in [7, 11) is 0. The van der Waals surface area contributed by atoms with Gasteiger partial charge in [0.05, 0.1) is 18.0 Å². The number of carbonyl (C=O) groups excluding carboxylic acids is 2. The van der Waals surface area contributed by atoms with Crippen LogP contribution >= 0.6 is 11.6 Å². The number of alkyl halides is 1. The number of hydrogen-bond acceptors (Lipinski definition) is 4. The van der Waals surface area contributed by atoms with Crippen molar-refractivity contribution in [1.29, 1.82) is 0 Å². The second kappa shape index (κ2) is 5.92. The molecule has 0 bridgehead atoms. The maximum absolute atomic E-state index is 11.8. The highest BCUT2D eigenvalue weighted by molar-refractivity contribution is 6.30. The van der Waals surface area contributed by atoms with Gasteiger partial charge in [0, 0.05) is 12.1 Å². The van der Waals surface area contributed by atoms with Gasteiger partial charge in [-0.05, 0) is 18.2 Å². The van der Waals surface area contributed by atoms with Crippen LogP contribution in [0.5, 0.6) is 5.75 Å². The molecule has 1 heterocycles. The second-order valence-electron chi connectivity index (χ2n) is 4.22. The van der Waals surface area contributed by atoms with Gasteiger partial charge in [0.2, 0.25) is 0 Å². The van der Waals surface area contributed by atoms with E-state index in [-0.39, 0.29) is 37.1 Å². The molecule has 1 amide bonds. The molecular formula is C13H12ClNO5. The highest BCUT2D eigenvalue weighted by Crippen LogP contribution is 2.33. The van der Waals surface area contributed by atoms with Gasteiger partial charge >= 0.3 is 5.97 Å². The summed E-state index contributed by atoms with van der Waals surface area (Å²) in [5.74, 6) is -1.33. The number of fused-ring (bicyclic) bond motifs is 1. The molecule has 1 aromatic carbocycles. The van der Waals surface area contributed by atoms with Crippen LogP contribution in [-0.4, -0.2) is 41.8 Å². The van der Waals surface area contributed by atoms with Gasteiger partial charge < -0.3 is 14.7 Å². The van der Waals surface area contributed by atoms with E-state index < -0.39 is 5.97 Å². The fraction of sp³-hybridized carbons (Fsp3) is 0.308. The molecular weight excluding hydrogens is 286 g/mol. The van der Waals surface area contributed by atoms with Crippen LogP contribution in [0.2, 0.25) is 0 Å². The third-order valence-corrected chi connectivity index (χ3v) is 3.14. The number of anilines is 1. The average Bonchev–Trinajstić information content (AvgIpc) is 2.44. The Kier molecular flexibility index (Phi) is 4.24. The molecule has 0 unspecified atom stereocenters. The number of amides is 1. The van der Waals surface area contributed by atoms with Gasteiger partial charge in [-0.25, -0.2) is 0 Å². The Balaban J connectivity index is 2.34. The van der Waals surface area contributed by atoms with Crippen LogP contribution in [0.15, 0.2) is 18.2 Å². The second-order valence-corrected chi connectivity index (χ2v) is 4.48. The van der Waals surface area contributed by atoms with Crippen LogP contribution in [-0.2, 0) is 9.59 Å². The molecule has 7 heteroatoms. The zero-order valence-electron chi connectivity index (χ0n) is 10.5. The number of Topliss-reactive ketones (excluding diaryl/α,β-unsaturated/α-hetero) is 1. The molecule has 2 rings (SSSR count). The third kappa shape index (κ3) is 2.91. The zero-order chi connectivity index (χ0) is 14.7. The summed E-state index contributed by atoms with van der Waals surface area (Å²) in [4.78, 5) is 35.4. The van der Waals surface area contributed by atoms with E-state index in [1.54, 1.807) is 12.1 Å². The zero-order valence-corrected chi connectivity index (χ0v) is 11.2. The van der Waals surface area contributed by atoms with Gasteiger partial charge in [0.1, 0.15) is 5.75 Å². The lowest BCUT2D eigenvalue weighted by Crippen LogP contribution is -2.40. The number of carbonyl (C=O) groups is 3. The molecule has 20 heavy (non-hydrogen) atoms.